The average Bonchev–Trinajstić information content (AvgIpc) is 0.979. The first-order valence-electron chi connectivity index (χ1n) is 38.8. The molecular formula is C79H140O17P2. The second kappa shape index (κ2) is 71.6. The molecule has 568 valence electrons. The predicted molar refractivity (Wildman–Crippen MR) is 399 cm³/mol. The Morgan fingerprint density at radius 3 is 0.837 bits per heavy atom. The molecule has 0 spiro atoms. The minimum absolute atomic E-state index is 0.0828. The first kappa shape index (κ1) is 94.2. The summed E-state index contributed by atoms with van der Waals surface area (Å²) >= 11 is 0. The number of aliphatic hydroxyl groups excluding tert-OH is 1. The number of rotatable bonds is 73. The molecule has 98 heavy (non-hydrogen) atoms. The zero-order valence-electron chi connectivity index (χ0n) is 62.0. The fraction of sp³-hybridized carbons (Fsp3) is 0.772. The van der Waals surface area contributed by atoms with Crippen LogP contribution in [-0.4, -0.2) is 96.7 Å². The highest BCUT2D eigenvalue weighted by molar-refractivity contribution is 7.47. The van der Waals surface area contributed by atoms with Gasteiger partial charge in [0.25, 0.3) is 0 Å². The molecule has 0 aliphatic heterocycles. The van der Waals surface area contributed by atoms with Gasteiger partial charge in [0.05, 0.1) is 26.4 Å². The fourth-order valence-electron chi connectivity index (χ4n) is 10.3. The van der Waals surface area contributed by atoms with E-state index in [-0.39, 0.29) is 25.7 Å². The van der Waals surface area contributed by atoms with Crippen molar-refractivity contribution in [1.29, 1.82) is 0 Å². The van der Waals surface area contributed by atoms with Gasteiger partial charge in [0, 0.05) is 25.7 Å². The molecule has 5 atom stereocenters. The van der Waals surface area contributed by atoms with Gasteiger partial charge in [-0.2, -0.15) is 0 Å². The summed E-state index contributed by atoms with van der Waals surface area (Å²) in [6, 6.07) is 0. The summed E-state index contributed by atoms with van der Waals surface area (Å²) in [5.41, 5.74) is 0. The van der Waals surface area contributed by atoms with Crippen molar-refractivity contribution in [2.24, 2.45) is 0 Å². The smallest absolute Gasteiger partial charge is 0.462 e. The zero-order chi connectivity index (χ0) is 71.8. The van der Waals surface area contributed by atoms with Crippen LogP contribution in [-0.2, 0) is 65.4 Å². The molecule has 0 amide bonds. The van der Waals surface area contributed by atoms with Crippen molar-refractivity contribution in [2.75, 3.05) is 39.6 Å². The van der Waals surface area contributed by atoms with Gasteiger partial charge in [0.15, 0.2) is 12.2 Å². The number of aliphatic hydroxyl groups is 1. The van der Waals surface area contributed by atoms with E-state index in [0.717, 1.165) is 186 Å². The average molecular weight is 1420 g/mol. The molecule has 5 unspecified atom stereocenters. The molecular weight excluding hydrogens is 1280 g/mol. The van der Waals surface area contributed by atoms with Crippen LogP contribution in [0.2, 0.25) is 0 Å². The van der Waals surface area contributed by atoms with Gasteiger partial charge in [0.1, 0.15) is 19.3 Å². The summed E-state index contributed by atoms with van der Waals surface area (Å²) in [5.74, 6) is -2.21. The number of carbonyl (C=O) groups excluding carboxylic acids is 4. The van der Waals surface area contributed by atoms with E-state index in [2.05, 4.69) is 113 Å². The number of phosphoric acid groups is 2. The van der Waals surface area contributed by atoms with Gasteiger partial charge in [-0.15, -0.1) is 0 Å². The molecule has 0 fully saturated rings. The Kier molecular flexibility index (Phi) is 68.9. The predicted octanol–water partition coefficient (Wildman–Crippen LogP) is 22.2. The Hall–Kier alpha value is -3.76. The minimum Gasteiger partial charge on any atom is -0.462 e. The number of esters is 4. The molecule has 0 aromatic carbocycles. The van der Waals surface area contributed by atoms with Gasteiger partial charge < -0.3 is 33.8 Å². The molecule has 0 aliphatic rings. The van der Waals surface area contributed by atoms with Gasteiger partial charge in [-0.1, -0.05) is 254 Å². The second-order valence-electron chi connectivity index (χ2n) is 25.9. The SMILES string of the molecule is CCC/C=C\C/C=C\CCCCCCCC(=O)OCC(COP(=O)(O)OCC(O)COP(=O)(O)OCC(COC(=O)CCCCCCCC/C=C\C/C=C\C/C=C\CCCCC)OC(=O)CCCCCCC/C=C\CCCCCC)OC(=O)CCCCCCC/C=C\CCCCCC. The first-order chi connectivity index (χ1) is 47.7. The van der Waals surface area contributed by atoms with Crippen LogP contribution in [0.1, 0.15) is 336 Å². The number of hydrogen-bond acceptors (Lipinski definition) is 15. The number of ether oxygens (including phenoxy) is 4. The molecule has 0 saturated heterocycles. The molecule has 0 aliphatic carbocycles. The van der Waals surface area contributed by atoms with Crippen LogP contribution in [0.5, 0.6) is 0 Å². The molecule has 3 N–H and O–H groups in total. The molecule has 17 nitrogen and oxygen atoms in total. The molecule has 19 heteroatoms. The van der Waals surface area contributed by atoms with Crippen LogP contribution in [0.15, 0.2) is 85.1 Å². The molecule has 0 aromatic rings. The largest absolute Gasteiger partial charge is 0.472 e. The third-order valence-electron chi connectivity index (χ3n) is 16.3. The van der Waals surface area contributed by atoms with E-state index in [9.17, 15) is 43.2 Å². The Morgan fingerprint density at radius 1 is 0.286 bits per heavy atom. The van der Waals surface area contributed by atoms with E-state index in [4.69, 9.17) is 37.0 Å². The van der Waals surface area contributed by atoms with E-state index < -0.39 is 97.5 Å². The van der Waals surface area contributed by atoms with Crippen molar-refractivity contribution in [1.82, 2.24) is 0 Å². The van der Waals surface area contributed by atoms with Crippen LogP contribution in [0.25, 0.3) is 0 Å². The maximum Gasteiger partial charge on any atom is 0.472 e. The number of allylic oxidation sites excluding steroid dienone is 14. The van der Waals surface area contributed by atoms with Crippen LogP contribution in [0, 0.1) is 0 Å². The van der Waals surface area contributed by atoms with E-state index in [1.54, 1.807) is 0 Å². The highest BCUT2D eigenvalue weighted by atomic mass is 31.2. The lowest BCUT2D eigenvalue weighted by Gasteiger charge is -2.21. The summed E-state index contributed by atoms with van der Waals surface area (Å²) < 4.78 is 68.5. The summed E-state index contributed by atoms with van der Waals surface area (Å²) in [6.07, 6.45) is 72.8. The van der Waals surface area contributed by atoms with Crippen molar-refractivity contribution in [2.45, 2.75) is 354 Å². The molecule has 0 aromatic heterocycles. The highest BCUT2D eigenvalue weighted by Crippen LogP contribution is 2.45. The summed E-state index contributed by atoms with van der Waals surface area (Å²) in [7, 11) is -9.95. The second-order valence-corrected chi connectivity index (χ2v) is 28.8. The van der Waals surface area contributed by atoms with Crippen molar-refractivity contribution in [3.63, 3.8) is 0 Å². The van der Waals surface area contributed by atoms with Crippen LogP contribution in [0.3, 0.4) is 0 Å². The third-order valence-corrected chi connectivity index (χ3v) is 18.2. The van der Waals surface area contributed by atoms with E-state index in [0.29, 0.717) is 25.7 Å². The van der Waals surface area contributed by atoms with Crippen molar-refractivity contribution < 1.29 is 80.2 Å². The summed E-state index contributed by atoms with van der Waals surface area (Å²) in [6.45, 7) is 4.73. The van der Waals surface area contributed by atoms with Crippen molar-refractivity contribution >= 4 is 39.5 Å². The molecule has 0 rings (SSSR count). The lowest BCUT2D eigenvalue weighted by molar-refractivity contribution is -0.161. The Labute approximate surface area is 595 Å². The van der Waals surface area contributed by atoms with Gasteiger partial charge >= 0.3 is 39.5 Å². The number of hydrogen-bond donors (Lipinski definition) is 3. The van der Waals surface area contributed by atoms with Crippen LogP contribution < -0.4 is 0 Å². The minimum atomic E-state index is -4.98. The quantitative estimate of drug-likeness (QED) is 0.0169. The lowest BCUT2D eigenvalue weighted by atomic mass is 10.1. The van der Waals surface area contributed by atoms with Crippen molar-refractivity contribution in [3.8, 4) is 0 Å². The standard InChI is InChI=1S/C79H140O17P2/c1-5-9-13-17-21-25-29-33-34-35-36-37-38-42-44-48-52-56-60-64-77(82)90-70-75(96-79(84)66-62-58-54-50-46-41-32-28-24-20-16-12-8-4)72-94-98(87,88)92-68-73(80)67-91-97(85,86)93-71-74(95-78(83)65-61-57-53-49-45-40-31-27-23-19-15-11-7-3)69-89-76(81)63-59-55-51-47-43-39-30-26-22-18-14-10-6-2/h14,18,21,25-28,30-34,36-37,73-75,80H,5-13,15-17,19-20,22-24,29,35,38-72H2,1-4H3,(H,85,86)(H,87,88)/b18-14-,25-21-,30-26-,31-27-,32-28-,34-33-,37-36-. The topological polar surface area (TPSA) is 237 Å². The van der Waals surface area contributed by atoms with Gasteiger partial charge in [0.2, 0.25) is 0 Å². The summed E-state index contributed by atoms with van der Waals surface area (Å²) in [5, 5.41) is 10.6. The Bertz CT molecular complexity index is 2190. The highest BCUT2D eigenvalue weighted by Gasteiger charge is 2.30. The first-order valence-corrected chi connectivity index (χ1v) is 41.8. The normalized spacial score (nSPS) is 14.4. The van der Waals surface area contributed by atoms with E-state index in [1.807, 2.05) is 0 Å². The molecule has 0 bridgehead atoms. The van der Waals surface area contributed by atoms with Crippen molar-refractivity contribution in [3.05, 3.63) is 85.1 Å². The van der Waals surface area contributed by atoms with Crippen LogP contribution >= 0.6 is 15.6 Å². The van der Waals surface area contributed by atoms with Gasteiger partial charge in [-0.25, -0.2) is 9.13 Å². The Balaban J connectivity index is 5.33. The number of carbonyl (C=O) groups is 4. The van der Waals surface area contributed by atoms with E-state index in [1.165, 1.54) is 70.6 Å². The van der Waals surface area contributed by atoms with Gasteiger partial charge in [-0.3, -0.25) is 37.3 Å². The summed E-state index contributed by atoms with van der Waals surface area (Å²) in [4.78, 5) is 72.8. The number of phosphoric ester groups is 2. The maximum absolute atomic E-state index is 13.1. The zero-order valence-corrected chi connectivity index (χ0v) is 63.7. The monoisotopic (exact) mass is 1420 g/mol. The van der Waals surface area contributed by atoms with E-state index >= 15 is 0 Å². The fourth-order valence-corrected chi connectivity index (χ4v) is 11.9. The Morgan fingerprint density at radius 2 is 0.520 bits per heavy atom. The molecule has 0 saturated carbocycles. The van der Waals surface area contributed by atoms with Gasteiger partial charge in [-0.05, 0) is 141 Å². The molecule has 0 heterocycles. The lowest BCUT2D eigenvalue weighted by Crippen LogP contribution is -2.30. The van der Waals surface area contributed by atoms with Crippen LogP contribution in [0.4, 0.5) is 0 Å². The maximum atomic E-state index is 13.1. The third kappa shape index (κ3) is 70.7. The number of unbranched alkanes of at least 4 members (excludes halogenated alkanes) is 33. The molecule has 0 radical (unpaired) electrons.